The molecule has 0 aliphatic heterocycles. The van der Waals surface area contributed by atoms with Crippen LogP contribution in [0.2, 0.25) is 0 Å². The van der Waals surface area contributed by atoms with Gasteiger partial charge < -0.3 is 16.0 Å². The zero-order chi connectivity index (χ0) is 10.3. The van der Waals surface area contributed by atoms with Gasteiger partial charge in [-0.15, -0.1) is 0 Å². The predicted molar refractivity (Wildman–Crippen MR) is 53.5 cm³/mol. The molecular weight excluding hydrogens is 168 g/mol. The third kappa shape index (κ3) is 5.95. The van der Waals surface area contributed by atoms with Gasteiger partial charge in [0.2, 0.25) is 5.91 Å². The first-order valence-electron chi connectivity index (χ1n) is 4.31. The van der Waals surface area contributed by atoms with Crippen LogP contribution >= 0.6 is 0 Å². The number of aliphatic imine (C=N–C) groups is 1. The Labute approximate surface area is 79.0 Å². The summed E-state index contributed by atoms with van der Waals surface area (Å²) in [4.78, 5) is 16.4. The van der Waals surface area contributed by atoms with E-state index in [1.54, 1.807) is 14.1 Å². The van der Waals surface area contributed by atoms with Crippen molar-refractivity contribution in [1.29, 1.82) is 0 Å². The molecule has 0 aromatic heterocycles. The molecule has 0 atom stereocenters. The molecule has 5 heteroatoms. The van der Waals surface area contributed by atoms with Crippen LogP contribution in [0, 0.1) is 0 Å². The maximum atomic E-state index is 11.1. The van der Waals surface area contributed by atoms with Crippen molar-refractivity contribution in [3.8, 4) is 0 Å². The second kappa shape index (κ2) is 6.28. The van der Waals surface area contributed by atoms with Gasteiger partial charge in [0.25, 0.3) is 0 Å². The smallest absolute Gasteiger partial charge is 0.243 e. The first-order chi connectivity index (χ1) is 6.07. The number of hydrogen-bond acceptors (Lipinski definition) is 2. The highest BCUT2D eigenvalue weighted by Crippen LogP contribution is 1.80. The molecule has 0 rings (SSSR count). The zero-order valence-corrected chi connectivity index (χ0v) is 8.50. The molecule has 0 saturated heterocycles. The van der Waals surface area contributed by atoms with Crippen molar-refractivity contribution in [2.45, 2.75) is 13.3 Å². The lowest BCUT2D eigenvalue weighted by atomic mass is 10.5. The van der Waals surface area contributed by atoms with E-state index in [9.17, 15) is 4.79 Å². The number of carbonyl (C=O) groups excluding carboxylic acids is 1. The molecule has 0 fully saturated rings. The number of rotatable bonds is 4. The minimum atomic E-state index is -0.0544. The highest BCUT2D eigenvalue weighted by Gasteiger charge is 2.01. The summed E-state index contributed by atoms with van der Waals surface area (Å²) in [6, 6.07) is 0. The molecule has 76 valence electrons. The van der Waals surface area contributed by atoms with Gasteiger partial charge in [-0.3, -0.25) is 4.79 Å². The Bertz CT molecular complexity index is 189. The van der Waals surface area contributed by atoms with Crippen LogP contribution in [0.4, 0.5) is 0 Å². The maximum Gasteiger partial charge on any atom is 0.243 e. The summed E-state index contributed by atoms with van der Waals surface area (Å²) >= 11 is 0. The van der Waals surface area contributed by atoms with E-state index in [0.29, 0.717) is 5.96 Å². The Morgan fingerprint density at radius 2 is 2.15 bits per heavy atom. The SMILES string of the molecule is CCCNC(N)=NCC(=O)N(C)C. The Morgan fingerprint density at radius 3 is 2.62 bits per heavy atom. The third-order valence-electron chi connectivity index (χ3n) is 1.44. The summed E-state index contributed by atoms with van der Waals surface area (Å²) in [6.45, 7) is 2.92. The molecule has 13 heavy (non-hydrogen) atoms. The van der Waals surface area contributed by atoms with Crippen LogP contribution in [0.5, 0.6) is 0 Å². The summed E-state index contributed by atoms with van der Waals surface area (Å²) in [6.07, 6.45) is 0.984. The lowest BCUT2D eigenvalue weighted by molar-refractivity contribution is -0.127. The first kappa shape index (κ1) is 11.7. The van der Waals surface area contributed by atoms with Crippen LogP contribution in [0.3, 0.4) is 0 Å². The molecule has 0 aliphatic carbocycles. The van der Waals surface area contributed by atoms with Crippen LogP contribution in [0.1, 0.15) is 13.3 Å². The number of nitrogens with one attached hydrogen (secondary N) is 1. The Morgan fingerprint density at radius 1 is 1.54 bits per heavy atom. The Balaban J connectivity index is 3.76. The first-order valence-corrected chi connectivity index (χ1v) is 4.31. The number of guanidine groups is 1. The molecule has 0 unspecified atom stereocenters. The van der Waals surface area contributed by atoms with Gasteiger partial charge in [-0.05, 0) is 6.42 Å². The minimum absolute atomic E-state index is 0.0544. The van der Waals surface area contributed by atoms with Gasteiger partial charge in [-0.1, -0.05) is 6.92 Å². The molecule has 0 aliphatic rings. The highest BCUT2D eigenvalue weighted by molar-refractivity contribution is 5.83. The van der Waals surface area contributed by atoms with Gasteiger partial charge in [0.05, 0.1) is 0 Å². The van der Waals surface area contributed by atoms with Crippen molar-refractivity contribution in [2.75, 3.05) is 27.2 Å². The fourth-order valence-corrected chi connectivity index (χ4v) is 0.603. The lowest BCUT2D eigenvalue weighted by Gasteiger charge is -2.08. The van der Waals surface area contributed by atoms with E-state index < -0.39 is 0 Å². The lowest BCUT2D eigenvalue weighted by Crippen LogP contribution is -2.34. The topological polar surface area (TPSA) is 70.7 Å². The van der Waals surface area contributed by atoms with E-state index >= 15 is 0 Å². The summed E-state index contributed by atoms with van der Waals surface area (Å²) in [5.74, 6) is 0.276. The molecular formula is C8H18N4O. The zero-order valence-electron chi connectivity index (χ0n) is 8.50. The molecule has 0 aromatic rings. The number of nitrogens with zero attached hydrogens (tertiary/aromatic N) is 2. The fraction of sp³-hybridized carbons (Fsp3) is 0.750. The molecule has 0 spiro atoms. The highest BCUT2D eigenvalue weighted by atomic mass is 16.2. The number of amides is 1. The van der Waals surface area contributed by atoms with E-state index in [0.717, 1.165) is 13.0 Å². The summed E-state index contributed by atoms with van der Waals surface area (Å²) in [5, 5.41) is 2.88. The van der Waals surface area contributed by atoms with E-state index in [1.807, 2.05) is 6.92 Å². The largest absolute Gasteiger partial charge is 0.370 e. The maximum absolute atomic E-state index is 11.1. The number of likely N-dealkylation sites (N-methyl/N-ethyl adjacent to an activating group) is 1. The summed E-state index contributed by atoms with van der Waals surface area (Å²) < 4.78 is 0. The normalized spacial score (nSPS) is 11.2. The number of carbonyl (C=O) groups is 1. The van der Waals surface area contributed by atoms with Gasteiger partial charge >= 0.3 is 0 Å². The molecule has 3 N–H and O–H groups in total. The Kier molecular flexibility index (Phi) is 5.67. The molecule has 0 bridgehead atoms. The molecule has 0 heterocycles. The van der Waals surface area contributed by atoms with E-state index in [2.05, 4.69) is 10.3 Å². The van der Waals surface area contributed by atoms with Crippen LogP contribution < -0.4 is 11.1 Å². The quantitative estimate of drug-likeness (QED) is 0.454. The van der Waals surface area contributed by atoms with Crippen molar-refractivity contribution in [3.63, 3.8) is 0 Å². The standard InChI is InChI=1S/C8H18N4O/c1-4-5-10-8(9)11-6-7(13)12(2)3/h4-6H2,1-3H3,(H3,9,10,11). The van der Waals surface area contributed by atoms with E-state index in [4.69, 9.17) is 5.73 Å². The minimum Gasteiger partial charge on any atom is -0.370 e. The summed E-state index contributed by atoms with van der Waals surface area (Å²) in [5.41, 5.74) is 5.48. The summed E-state index contributed by atoms with van der Waals surface area (Å²) in [7, 11) is 3.38. The molecule has 1 amide bonds. The van der Waals surface area contributed by atoms with Crippen molar-refractivity contribution >= 4 is 11.9 Å². The van der Waals surface area contributed by atoms with Gasteiger partial charge in [0.15, 0.2) is 5.96 Å². The second-order valence-corrected chi connectivity index (χ2v) is 2.92. The third-order valence-corrected chi connectivity index (χ3v) is 1.44. The van der Waals surface area contributed by atoms with Crippen molar-refractivity contribution in [2.24, 2.45) is 10.7 Å². The number of nitrogens with two attached hydrogens (primary N) is 1. The van der Waals surface area contributed by atoms with Gasteiger partial charge in [0, 0.05) is 20.6 Å². The monoisotopic (exact) mass is 186 g/mol. The predicted octanol–water partition coefficient (Wildman–Crippen LogP) is -0.611. The molecule has 0 saturated carbocycles. The van der Waals surface area contributed by atoms with Gasteiger partial charge in [-0.2, -0.15) is 0 Å². The Hall–Kier alpha value is -1.26. The number of hydrogen-bond donors (Lipinski definition) is 2. The van der Waals surface area contributed by atoms with Crippen LogP contribution in [0.25, 0.3) is 0 Å². The molecule has 0 aromatic carbocycles. The van der Waals surface area contributed by atoms with Gasteiger partial charge in [0.1, 0.15) is 6.54 Å². The van der Waals surface area contributed by atoms with Crippen molar-refractivity contribution in [1.82, 2.24) is 10.2 Å². The second-order valence-electron chi connectivity index (χ2n) is 2.92. The molecule has 5 nitrogen and oxygen atoms in total. The van der Waals surface area contributed by atoms with E-state index in [1.165, 1.54) is 4.90 Å². The van der Waals surface area contributed by atoms with Crippen LogP contribution in [-0.4, -0.2) is 44.0 Å². The van der Waals surface area contributed by atoms with E-state index in [-0.39, 0.29) is 12.5 Å². The van der Waals surface area contributed by atoms with Crippen LogP contribution in [0.15, 0.2) is 4.99 Å². The van der Waals surface area contributed by atoms with Crippen molar-refractivity contribution < 1.29 is 4.79 Å². The van der Waals surface area contributed by atoms with Crippen molar-refractivity contribution in [3.05, 3.63) is 0 Å². The average molecular weight is 186 g/mol. The average Bonchev–Trinajstić information content (AvgIpc) is 2.10. The van der Waals surface area contributed by atoms with Crippen LogP contribution in [-0.2, 0) is 4.79 Å². The fourth-order valence-electron chi connectivity index (χ4n) is 0.603. The van der Waals surface area contributed by atoms with Gasteiger partial charge in [-0.25, -0.2) is 4.99 Å². The molecule has 0 radical (unpaired) electrons.